The van der Waals surface area contributed by atoms with Crippen molar-refractivity contribution in [2.75, 3.05) is 0 Å². The summed E-state index contributed by atoms with van der Waals surface area (Å²) in [5.74, 6) is -3.44. The molecule has 0 bridgehead atoms. The predicted molar refractivity (Wildman–Crippen MR) is 70.8 cm³/mol. The fraction of sp³-hybridized carbons (Fsp3) is 0. The van der Waals surface area contributed by atoms with Crippen molar-refractivity contribution < 1.29 is 24.2 Å². The summed E-state index contributed by atoms with van der Waals surface area (Å²) in [4.78, 5) is 21.9. The van der Waals surface area contributed by atoms with E-state index in [0.717, 1.165) is 12.1 Å². The number of carboxylic acids is 2. The molecule has 102 valence electrons. The molecule has 4 nitrogen and oxygen atoms in total. The van der Waals surface area contributed by atoms with Crippen molar-refractivity contribution in [3.8, 4) is 11.1 Å². The van der Waals surface area contributed by atoms with Gasteiger partial charge in [-0.25, -0.2) is 14.0 Å². The minimum atomic E-state index is -1.39. The van der Waals surface area contributed by atoms with Gasteiger partial charge in [-0.3, -0.25) is 0 Å². The van der Waals surface area contributed by atoms with Gasteiger partial charge in [-0.1, -0.05) is 23.7 Å². The molecule has 0 atom stereocenters. The molecule has 0 radical (unpaired) electrons. The zero-order valence-electron chi connectivity index (χ0n) is 9.93. The van der Waals surface area contributed by atoms with E-state index in [-0.39, 0.29) is 10.6 Å². The third-order valence-corrected chi connectivity index (χ3v) is 3.06. The lowest BCUT2D eigenvalue weighted by atomic mass is 10.0. The minimum Gasteiger partial charge on any atom is -0.478 e. The maximum atomic E-state index is 13.3. The second kappa shape index (κ2) is 5.30. The Balaban J connectivity index is 2.57. The molecule has 0 fully saturated rings. The van der Waals surface area contributed by atoms with Gasteiger partial charge in [0.05, 0.1) is 16.1 Å². The van der Waals surface area contributed by atoms with Gasteiger partial charge in [-0.15, -0.1) is 0 Å². The number of carboxylic acid groups (broad SMARTS) is 2. The molecule has 0 saturated carbocycles. The van der Waals surface area contributed by atoms with E-state index in [2.05, 4.69) is 0 Å². The zero-order valence-corrected chi connectivity index (χ0v) is 10.7. The number of hydrogen-bond donors (Lipinski definition) is 2. The van der Waals surface area contributed by atoms with Gasteiger partial charge in [-0.2, -0.15) is 0 Å². The SMILES string of the molecule is O=C(O)c1cc(-c2ccc(Cl)c(C(=O)O)c2)ccc1F. The van der Waals surface area contributed by atoms with E-state index in [1.54, 1.807) is 0 Å². The second-order valence-electron chi connectivity index (χ2n) is 4.00. The molecule has 0 spiro atoms. The number of carbonyl (C=O) groups is 2. The first-order valence-corrected chi connectivity index (χ1v) is 5.84. The van der Waals surface area contributed by atoms with Crippen molar-refractivity contribution in [1.82, 2.24) is 0 Å². The lowest BCUT2D eigenvalue weighted by molar-refractivity contribution is 0.0683. The van der Waals surface area contributed by atoms with Crippen molar-refractivity contribution in [3.05, 3.63) is 58.4 Å². The average molecular weight is 295 g/mol. The Morgan fingerprint density at radius 3 is 1.95 bits per heavy atom. The van der Waals surface area contributed by atoms with Gasteiger partial charge in [0.2, 0.25) is 0 Å². The monoisotopic (exact) mass is 294 g/mol. The van der Waals surface area contributed by atoms with Crippen LogP contribution in [-0.2, 0) is 0 Å². The molecule has 2 rings (SSSR count). The molecule has 0 saturated heterocycles. The molecule has 0 amide bonds. The maximum absolute atomic E-state index is 13.3. The molecule has 2 aromatic rings. The van der Waals surface area contributed by atoms with Crippen molar-refractivity contribution in [2.45, 2.75) is 0 Å². The highest BCUT2D eigenvalue weighted by Gasteiger charge is 2.14. The predicted octanol–water partition coefficient (Wildman–Crippen LogP) is 3.54. The van der Waals surface area contributed by atoms with Gasteiger partial charge < -0.3 is 10.2 Å². The average Bonchev–Trinajstić information content (AvgIpc) is 2.39. The van der Waals surface area contributed by atoms with Crippen LogP contribution in [0.2, 0.25) is 5.02 Å². The van der Waals surface area contributed by atoms with Crippen LogP contribution in [0, 0.1) is 5.82 Å². The first-order chi connectivity index (χ1) is 9.40. The van der Waals surface area contributed by atoms with Crippen LogP contribution in [-0.4, -0.2) is 22.2 Å². The van der Waals surface area contributed by atoms with E-state index >= 15 is 0 Å². The topological polar surface area (TPSA) is 74.6 Å². The van der Waals surface area contributed by atoms with E-state index in [0.29, 0.717) is 11.1 Å². The molecule has 0 unspecified atom stereocenters. The van der Waals surface area contributed by atoms with Gasteiger partial charge in [0.1, 0.15) is 5.82 Å². The normalized spacial score (nSPS) is 10.3. The summed E-state index contributed by atoms with van der Waals surface area (Å²) in [5, 5.41) is 17.9. The molecular formula is C14H8ClFO4. The fourth-order valence-corrected chi connectivity index (χ4v) is 1.94. The van der Waals surface area contributed by atoms with Crippen LogP contribution in [0.25, 0.3) is 11.1 Å². The Morgan fingerprint density at radius 2 is 1.40 bits per heavy atom. The zero-order chi connectivity index (χ0) is 14.9. The quantitative estimate of drug-likeness (QED) is 0.908. The molecule has 0 heterocycles. The smallest absolute Gasteiger partial charge is 0.338 e. The van der Waals surface area contributed by atoms with Crippen LogP contribution in [0.4, 0.5) is 4.39 Å². The fourth-order valence-electron chi connectivity index (χ4n) is 1.74. The highest BCUT2D eigenvalue weighted by Crippen LogP contribution is 2.26. The first kappa shape index (κ1) is 14.0. The number of rotatable bonds is 3. The molecule has 0 aliphatic heterocycles. The number of benzene rings is 2. The third kappa shape index (κ3) is 2.62. The second-order valence-corrected chi connectivity index (χ2v) is 4.41. The van der Waals surface area contributed by atoms with Crippen molar-refractivity contribution in [1.29, 1.82) is 0 Å². The summed E-state index contributed by atoms with van der Waals surface area (Å²) >= 11 is 5.75. The standard InChI is InChI=1S/C14H8ClFO4/c15-11-3-1-7(5-9(11)13(17)18)8-2-4-12(16)10(6-8)14(19)20/h1-6H,(H,17,18)(H,19,20). The Kier molecular flexibility index (Phi) is 3.72. The minimum absolute atomic E-state index is 0.0711. The van der Waals surface area contributed by atoms with E-state index < -0.39 is 23.3 Å². The Bertz CT molecular complexity index is 651. The summed E-state index contributed by atoms with van der Waals surface area (Å²) in [5.41, 5.74) is 0.247. The van der Waals surface area contributed by atoms with Gasteiger partial charge >= 0.3 is 11.9 Å². The molecule has 0 aromatic heterocycles. The molecule has 6 heteroatoms. The van der Waals surface area contributed by atoms with Crippen LogP contribution in [0.15, 0.2) is 36.4 Å². The summed E-state index contributed by atoms with van der Waals surface area (Å²) in [6.07, 6.45) is 0. The molecule has 0 aliphatic carbocycles. The summed E-state index contributed by atoms with van der Waals surface area (Å²) in [7, 11) is 0. The highest BCUT2D eigenvalue weighted by molar-refractivity contribution is 6.33. The van der Waals surface area contributed by atoms with Gasteiger partial charge in [0.15, 0.2) is 0 Å². The number of aromatic carboxylic acids is 2. The van der Waals surface area contributed by atoms with Gasteiger partial charge in [0.25, 0.3) is 0 Å². The highest BCUT2D eigenvalue weighted by atomic mass is 35.5. The summed E-state index contributed by atoms with van der Waals surface area (Å²) in [6.45, 7) is 0. The number of hydrogen-bond acceptors (Lipinski definition) is 2. The molecular weight excluding hydrogens is 287 g/mol. The van der Waals surface area contributed by atoms with E-state index in [1.807, 2.05) is 0 Å². The molecule has 0 aliphatic rings. The van der Waals surface area contributed by atoms with Gasteiger partial charge in [0, 0.05) is 0 Å². The van der Waals surface area contributed by atoms with E-state index in [4.69, 9.17) is 21.8 Å². The van der Waals surface area contributed by atoms with Crippen LogP contribution in [0.5, 0.6) is 0 Å². The lowest BCUT2D eigenvalue weighted by Gasteiger charge is -2.06. The summed E-state index contributed by atoms with van der Waals surface area (Å²) < 4.78 is 13.3. The van der Waals surface area contributed by atoms with Crippen molar-refractivity contribution in [2.24, 2.45) is 0 Å². The van der Waals surface area contributed by atoms with Crippen LogP contribution < -0.4 is 0 Å². The lowest BCUT2D eigenvalue weighted by Crippen LogP contribution is -2.01. The Morgan fingerprint density at radius 1 is 0.900 bits per heavy atom. The Labute approximate surface area is 118 Å². The largest absolute Gasteiger partial charge is 0.478 e. The van der Waals surface area contributed by atoms with Gasteiger partial charge in [-0.05, 0) is 35.4 Å². The maximum Gasteiger partial charge on any atom is 0.338 e. The van der Waals surface area contributed by atoms with Crippen molar-refractivity contribution in [3.63, 3.8) is 0 Å². The van der Waals surface area contributed by atoms with Crippen molar-refractivity contribution >= 4 is 23.5 Å². The van der Waals surface area contributed by atoms with Crippen LogP contribution >= 0.6 is 11.6 Å². The van der Waals surface area contributed by atoms with E-state index in [1.165, 1.54) is 24.3 Å². The Hall–Kier alpha value is -2.40. The number of halogens is 2. The molecule has 20 heavy (non-hydrogen) atoms. The van der Waals surface area contributed by atoms with Crippen LogP contribution in [0.3, 0.4) is 0 Å². The molecule has 2 aromatic carbocycles. The van der Waals surface area contributed by atoms with E-state index in [9.17, 15) is 14.0 Å². The third-order valence-electron chi connectivity index (χ3n) is 2.73. The van der Waals surface area contributed by atoms with Crippen LogP contribution in [0.1, 0.15) is 20.7 Å². The summed E-state index contributed by atoms with van der Waals surface area (Å²) in [6, 6.07) is 7.78. The molecule has 2 N–H and O–H groups in total. The first-order valence-electron chi connectivity index (χ1n) is 5.46.